The van der Waals surface area contributed by atoms with Crippen LogP contribution in [0.5, 0.6) is 0 Å². The van der Waals surface area contributed by atoms with E-state index in [4.69, 9.17) is 4.74 Å². The molecule has 0 aromatic heterocycles. The van der Waals surface area contributed by atoms with Gasteiger partial charge < -0.3 is 9.47 Å². The summed E-state index contributed by atoms with van der Waals surface area (Å²) in [5.41, 5.74) is -2.93. The second-order valence-electron chi connectivity index (χ2n) is 6.63. The highest BCUT2D eigenvalue weighted by molar-refractivity contribution is 7.92. The minimum Gasteiger partial charge on any atom is -0.465 e. The molecule has 0 saturated heterocycles. The highest BCUT2D eigenvalue weighted by Gasteiger charge is 2.38. The maximum absolute atomic E-state index is 14.4. The fourth-order valence-corrected chi connectivity index (χ4v) is 3.78. The number of sulfone groups is 1. The topological polar surface area (TPSA) is 90.0 Å². The summed E-state index contributed by atoms with van der Waals surface area (Å²) in [4.78, 5) is 24.5. The average molecular weight is 373 g/mol. The molecule has 0 spiro atoms. The van der Waals surface area contributed by atoms with Crippen molar-refractivity contribution in [2.45, 2.75) is 43.3 Å². The lowest BCUT2D eigenvalue weighted by Crippen LogP contribution is -2.39. The summed E-state index contributed by atoms with van der Waals surface area (Å²) in [6.45, 7) is 4.17. The second kappa shape index (κ2) is 6.62. The first kappa shape index (κ1) is 19.2. The van der Waals surface area contributed by atoms with Crippen molar-refractivity contribution in [1.29, 1.82) is 0 Å². The smallest absolute Gasteiger partial charge is 0.410 e. The number of carbonyl (C=O) groups excluding carboxylic acids is 2. The molecule has 0 fully saturated rings. The van der Waals surface area contributed by atoms with E-state index in [-0.39, 0.29) is 22.6 Å². The zero-order chi connectivity index (χ0) is 19.0. The Labute approximate surface area is 145 Å². The number of nitrogens with zero attached hydrogens (tertiary/aromatic N) is 1. The Balaban J connectivity index is 2.46. The van der Waals surface area contributed by atoms with Crippen LogP contribution in [0.1, 0.15) is 36.7 Å². The quantitative estimate of drug-likeness (QED) is 0.702. The molecule has 1 atom stereocenters. The molecule has 0 radical (unpaired) electrons. The van der Waals surface area contributed by atoms with E-state index in [9.17, 15) is 22.4 Å². The average Bonchev–Trinajstić information content (AvgIpc) is 2.60. The van der Waals surface area contributed by atoms with Gasteiger partial charge in [0.05, 0.1) is 30.7 Å². The van der Waals surface area contributed by atoms with Crippen LogP contribution in [0.25, 0.3) is 0 Å². The molecule has 2 rings (SSSR count). The molecule has 0 N–H and O–H groups in total. The van der Waals surface area contributed by atoms with Crippen LogP contribution in [-0.4, -0.2) is 50.1 Å². The standard InChI is InChI=1S/C16H20FNO6S/c1-16(2,3)24-15(20)18-8-11-6-5-10(14(19)23-4)7-12(11)25(21,22)13(17)9-18/h5-7,13H,8-9H2,1-4H3/t13-/m0/s1. The third-order valence-electron chi connectivity index (χ3n) is 3.51. The van der Waals surface area contributed by atoms with Crippen LogP contribution < -0.4 is 0 Å². The van der Waals surface area contributed by atoms with Gasteiger partial charge in [0.2, 0.25) is 15.3 Å². The first-order chi connectivity index (χ1) is 11.5. The first-order valence-corrected chi connectivity index (χ1v) is 9.07. The zero-order valence-corrected chi connectivity index (χ0v) is 15.2. The molecule has 1 aliphatic rings. The Kier molecular flexibility index (Phi) is 5.08. The molecule has 25 heavy (non-hydrogen) atoms. The van der Waals surface area contributed by atoms with E-state index in [1.807, 2.05) is 0 Å². The van der Waals surface area contributed by atoms with Gasteiger partial charge in [0.1, 0.15) is 5.60 Å². The van der Waals surface area contributed by atoms with Crippen LogP contribution >= 0.6 is 0 Å². The summed E-state index contributed by atoms with van der Waals surface area (Å²) in [5, 5.41) is 0. The summed E-state index contributed by atoms with van der Waals surface area (Å²) < 4.78 is 49.0. The molecular formula is C16H20FNO6S. The number of alkyl halides is 1. The fraction of sp³-hybridized carbons (Fsp3) is 0.500. The van der Waals surface area contributed by atoms with E-state index in [1.54, 1.807) is 20.8 Å². The van der Waals surface area contributed by atoms with E-state index in [0.29, 0.717) is 0 Å². The Morgan fingerprint density at radius 3 is 2.48 bits per heavy atom. The molecule has 0 aliphatic carbocycles. The molecule has 9 heteroatoms. The van der Waals surface area contributed by atoms with Gasteiger partial charge in [0, 0.05) is 0 Å². The minimum absolute atomic E-state index is 0.0113. The normalized spacial score (nSPS) is 19.6. The molecule has 1 aromatic rings. The van der Waals surface area contributed by atoms with Crippen molar-refractivity contribution in [3.63, 3.8) is 0 Å². The van der Waals surface area contributed by atoms with Crippen LogP contribution in [0.15, 0.2) is 23.1 Å². The minimum atomic E-state index is -4.36. The SMILES string of the molecule is COC(=O)c1ccc2c(c1)S(=O)(=O)[C@H](F)CN(C(=O)OC(C)(C)C)C2. The van der Waals surface area contributed by atoms with E-state index < -0.39 is 39.5 Å². The summed E-state index contributed by atoms with van der Waals surface area (Å²) in [5.74, 6) is -0.735. The van der Waals surface area contributed by atoms with Crippen molar-refractivity contribution in [1.82, 2.24) is 4.90 Å². The summed E-state index contributed by atoms with van der Waals surface area (Å²) in [7, 11) is -3.20. The number of hydrogen-bond acceptors (Lipinski definition) is 6. The van der Waals surface area contributed by atoms with E-state index in [1.165, 1.54) is 12.1 Å². The van der Waals surface area contributed by atoms with Gasteiger partial charge in [-0.25, -0.2) is 22.4 Å². The van der Waals surface area contributed by atoms with Crippen LogP contribution in [0.3, 0.4) is 0 Å². The molecule has 0 saturated carbocycles. The largest absolute Gasteiger partial charge is 0.465 e. The lowest BCUT2D eigenvalue weighted by molar-refractivity contribution is 0.0214. The molecule has 138 valence electrons. The number of halogens is 1. The lowest BCUT2D eigenvalue weighted by Gasteiger charge is -2.26. The molecule has 1 aromatic carbocycles. The third-order valence-corrected chi connectivity index (χ3v) is 5.32. The molecule has 0 bridgehead atoms. The lowest BCUT2D eigenvalue weighted by atomic mass is 10.1. The van der Waals surface area contributed by atoms with Gasteiger partial charge in [-0.3, -0.25) is 4.90 Å². The highest BCUT2D eigenvalue weighted by atomic mass is 32.2. The Morgan fingerprint density at radius 1 is 1.28 bits per heavy atom. The number of carbonyl (C=O) groups is 2. The van der Waals surface area contributed by atoms with Crippen molar-refractivity contribution >= 4 is 21.9 Å². The summed E-state index contributed by atoms with van der Waals surface area (Å²) in [6, 6.07) is 3.81. The van der Waals surface area contributed by atoms with E-state index >= 15 is 0 Å². The van der Waals surface area contributed by atoms with Crippen LogP contribution in [0, 0.1) is 0 Å². The van der Waals surface area contributed by atoms with E-state index in [0.717, 1.165) is 18.1 Å². The monoisotopic (exact) mass is 373 g/mol. The number of amides is 1. The fourth-order valence-electron chi connectivity index (χ4n) is 2.34. The van der Waals surface area contributed by atoms with Gasteiger partial charge in [-0.2, -0.15) is 0 Å². The Bertz CT molecular complexity index is 799. The maximum Gasteiger partial charge on any atom is 0.410 e. The molecule has 1 aliphatic heterocycles. The number of esters is 1. The highest BCUT2D eigenvalue weighted by Crippen LogP contribution is 2.29. The van der Waals surface area contributed by atoms with Crippen molar-refractivity contribution < 1.29 is 31.9 Å². The zero-order valence-electron chi connectivity index (χ0n) is 14.4. The second-order valence-corrected chi connectivity index (χ2v) is 8.67. The van der Waals surface area contributed by atoms with Gasteiger partial charge in [-0.05, 0) is 38.5 Å². The Hall–Kier alpha value is -2.16. The molecular weight excluding hydrogens is 353 g/mol. The number of fused-ring (bicyclic) bond motifs is 1. The van der Waals surface area contributed by atoms with Crippen molar-refractivity contribution in [2.24, 2.45) is 0 Å². The van der Waals surface area contributed by atoms with Gasteiger partial charge in [-0.1, -0.05) is 6.07 Å². The first-order valence-electron chi connectivity index (χ1n) is 7.53. The predicted molar refractivity (Wildman–Crippen MR) is 86.5 cm³/mol. The molecule has 0 unspecified atom stereocenters. The Morgan fingerprint density at radius 2 is 1.92 bits per heavy atom. The molecule has 1 heterocycles. The van der Waals surface area contributed by atoms with Gasteiger partial charge in [0.25, 0.3) is 0 Å². The van der Waals surface area contributed by atoms with Gasteiger partial charge in [0.15, 0.2) is 0 Å². The van der Waals surface area contributed by atoms with Gasteiger partial charge in [-0.15, -0.1) is 0 Å². The number of hydrogen-bond donors (Lipinski definition) is 0. The predicted octanol–water partition coefficient (Wildman–Crippen LogP) is 2.29. The van der Waals surface area contributed by atoms with Crippen LogP contribution in [0.4, 0.5) is 9.18 Å². The molecule has 7 nitrogen and oxygen atoms in total. The van der Waals surface area contributed by atoms with Crippen molar-refractivity contribution in [3.8, 4) is 0 Å². The third kappa shape index (κ3) is 4.09. The number of ether oxygens (including phenoxy) is 2. The molecule has 1 amide bonds. The van der Waals surface area contributed by atoms with Crippen molar-refractivity contribution in [3.05, 3.63) is 29.3 Å². The summed E-state index contributed by atoms with van der Waals surface area (Å²) in [6.07, 6.45) is -0.810. The maximum atomic E-state index is 14.4. The van der Waals surface area contributed by atoms with Crippen molar-refractivity contribution in [2.75, 3.05) is 13.7 Å². The van der Waals surface area contributed by atoms with Crippen LogP contribution in [-0.2, 0) is 25.9 Å². The summed E-state index contributed by atoms with van der Waals surface area (Å²) >= 11 is 0. The van der Waals surface area contributed by atoms with Gasteiger partial charge >= 0.3 is 12.1 Å². The number of benzene rings is 1. The number of methoxy groups -OCH3 is 1. The number of rotatable bonds is 1. The van der Waals surface area contributed by atoms with E-state index in [2.05, 4.69) is 4.74 Å². The van der Waals surface area contributed by atoms with Crippen LogP contribution in [0.2, 0.25) is 0 Å².